The molecule has 26 heavy (non-hydrogen) atoms. The van der Waals surface area contributed by atoms with Crippen molar-refractivity contribution in [1.29, 1.82) is 0 Å². The molecule has 0 aliphatic heterocycles. The molecule has 132 valence electrons. The Bertz CT molecular complexity index is 922. The van der Waals surface area contributed by atoms with Gasteiger partial charge in [-0.25, -0.2) is 4.79 Å². The lowest BCUT2D eigenvalue weighted by atomic mass is 10.1. The average Bonchev–Trinajstić information content (AvgIpc) is 2.66. The second-order valence-electron chi connectivity index (χ2n) is 5.87. The molecule has 0 radical (unpaired) electrons. The summed E-state index contributed by atoms with van der Waals surface area (Å²) in [5, 5.41) is 13.8. The molecule has 1 amide bonds. The summed E-state index contributed by atoms with van der Waals surface area (Å²) in [6, 6.07) is 20.5. The minimum atomic E-state index is -1.09. The third kappa shape index (κ3) is 4.39. The lowest BCUT2D eigenvalue weighted by Crippen LogP contribution is -2.30. The first kappa shape index (κ1) is 17.5. The second-order valence-corrected chi connectivity index (χ2v) is 5.87. The molecule has 2 N–H and O–H groups in total. The molecule has 0 bridgehead atoms. The summed E-state index contributed by atoms with van der Waals surface area (Å²) in [6.45, 7) is 0.267. The number of hydrogen-bond donors (Lipinski definition) is 2. The number of ether oxygens (including phenoxy) is 1. The molecule has 3 aromatic rings. The van der Waals surface area contributed by atoms with Crippen LogP contribution in [0, 0.1) is 0 Å². The van der Waals surface area contributed by atoms with Crippen LogP contribution in [0.15, 0.2) is 66.7 Å². The van der Waals surface area contributed by atoms with Gasteiger partial charge in [0.05, 0.1) is 0 Å². The van der Waals surface area contributed by atoms with Crippen LogP contribution >= 0.6 is 0 Å². The Labute approximate surface area is 151 Å². The monoisotopic (exact) mass is 349 g/mol. The van der Waals surface area contributed by atoms with Crippen LogP contribution in [0.25, 0.3) is 10.8 Å². The van der Waals surface area contributed by atoms with E-state index in [0.29, 0.717) is 6.54 Å². The minimum Gasteiger partial charge on any atom is -0.483 e. The summed E-state index contributed by atoms with van der Waals surface area (Å²) in [7, 11) is 0. The Hall–Kier alpha value is -3.34. The highest BCUT2D eigenvalue weighted by Gasteiger charge is 2.14. The van der Waals surface area contributed by atoms with Crippen LogP contribution in [-0.4, -0.2) is 30.1 Å². The number of carbonyl (C=O) groups is 2. The number of amides is 1. The zero-order chi connectivity index (χ0) is 18.4. The number of nitrogens with one attached hydrogen (secondary N) is 1. The van der Waals surface area contributed by atoms with Gasteiger partial charge >= 0.3 is 5.97 Å². The fourth-order valence-corrected chi connectivity index (χ4v) is 2.69. The third-order valence-electron chi connectivity index (χ3n) is 4.02. The van der Waals surface area contributed by atoms with Gasteiger partial charge in [-0.1, -0.05) is 54.6 Å². The molecule has 0 saturated heterocycles. The molecule has 5 heteroatoms. The minimum absolute atomic E-state index is 0.0424. The van der Waals surface area contributed by atoms with Crippen molar-refractivity contribution in [2.24, 2.45) is 0 Å². The number of rotatable bonds is 7. The van der Waals surface area contributed by atoms with Crippen molar-refractivity contribution < 1.29 is 19.4 Å². The summed E-state index contributed by atoms with van der Waals surface area (Å²) in [6.07, 6.45) is 0.725. The number of aromatic carboxylic acids is 1. The first-order valence-electron chi connectivity index (χ1n) is 8.33. The van der Waals surface area contributed by atoms with E-state index in [2.05, 4.69) is 5.32 Å². The van der Waals surface area contributed by atoms with Crippen molar-refractivity contribution in [2.75, 3.05) is 13.2 Å². The number of hydrogen-bond acceptors (Lipinski definition) is 3. The highest BCUT2D eigenvalue weighted by molar-refractivity contribution is 5.97. The maximum atomic E-state index is 12.0. The quantitative estimate of drug-likeness (QED) is 0.686. The summed E-state index contributed by atoms with van der Waals surface area (Å²) < 4.78 is 5.48. The molecular weight excluding hydrogens is 330 g/mol. The van der Waals surface area contributed by atoms with Gasteiger partial charge in [-0.3, -0.25) is 4.79 Å². The Morgan fingerprint density at radius 2 is 1.58 bits per heavy atom. The van der Waals surface area contributed by atoms with Crippen LogP contribution in [-0.2, 0) is 11.2 Å². The van der Waals surface area contributed by atoms with E-state index in [0.717, 1.165) is 22.8 Å². The van der Waals surface area contributed by atoms with Crippen molar-refractivity contribution >= 4 is 22.6 Å². The van der Waals surface area contributed by atoms with Crippen LogP contribution in [0.4, 0.5) is 0 Å². The summed E-state index contributed by atoms with van der Waals surface area (Å²) in [4.78, 5) is 23.4. The number of carboxylic acids is 1. The van der Waals surface area contributed by atoms with Crippen molar-refractivity contribution in [3.8, 4) is 5.75 Å². The Kier molecular flexibility index (Phi) is 5.49. The lowest BCUT2D eigenvalue weighted by Gasteiger charge is -2.11. The van der Waals surface area contributed by atoms with E-state index >= 15 is 0 Å². The maximum absolute atomic E-state index is 12.0. The Morgan fingerprint density at radius 1 is 0.923 bits per heavy atom. The van der Waals surface area contributed by atoms with Crippen LogP contribution in [0.3, 0.4) is 0 Å². The highest BCUT2D eigenvalue weighted by Crippen LogP contribution is 2.26. The van der Waals surface area contributed by atoms with Gasteiger partial charge in [0, 0.05) is 6.54 Å². The molecule has 0 aliphatic carbocycles. The Morgan fingerprint density at radius 3 is 2.27 bits per heavy atom. The first-order valence-corrected chi connectivity index (χ1v) is 8.33. The van der Waals surface area contributed by atoms with E-state index in [1.165, 1.54) is 0 Å². The fraction of sp³-hybridized carbons (Fsp3) is 0.143. The fourth-order valence-electron chi connectivity index (χ4n) is 2.69. The molecular formula is C21H19NO4. The van der Waals surface area contributed by atoms with Crippen molar-refractivity contribution in [3.63, 3.8) is 0 Å². The van der Waals surface area contributed by atoms with Gasteiger partial charge in [0.25, 0.3) is 5.91 Å². The van der Waals surface area contributed by atoms with Gasteiger partial charge in [0.15, 0.2) is 6.61 Å². The summed E-state index contributed by atoms with van der Waals surface area (Å²) in [5.74, 6) is -1.19. The number of carboxylic acid groups (broad SMARTS) is 1. The molecule has 0 heterocycles. The Balaban J connectivity index is 1.60. The van der Waals surface area contributed by atoms with Gasteiger partial charge in [-0.05, 0) is 34.9 Å². The third-order valence-corrected chi connectivity index (χ3v) is 4.02. The van der Waals surface area contributed by atoms with Crippen molar-refractivity contribution in [1.82, 2.24) is 5.32 Å². The second kappa shape index (κ2) is 8.16. The molecule has 5 nitrogen and oxygen atoms in total. The average molecular weight is 349 g/mol. The predicted molar refractivity (Wildman–Crippen MR) is 99.6 cm³/mol. The van der Waals surface area contributed by atoms with Crippen LogP contribution < -0.4 is 10.1 Å². The van der Waals surface area contributed by atoms with E-state index in [-0.39, 0.29) is 23.8 Å². The maximum Gasteiger partial charge on any atom is 0.339 e. The molecule has 0 spiro atoms. The molecule has 0 atom stereocenters. The molecule has 3 rings (SSSR count). The molecule has 3 aromatic carbocycles. The smallest absolute Gasteiger partial charge is 0.339 e. The van der Waals surface area contributed by atoms with Crippen molar-refractivity contribution in [3.05, 3.63) is 77.9 Å². The zero-order valence-electron chi connectivity index (χ0n) is 14.1. The summed E-state index contributed by atoms with van der Waals surface area (Å²) >= 11 is 0. The van der Waals surface area contributed by atoms with Gasteiger partial charge < -0.3 is 15.2 Å². The van der Waals surface area contributed by atoms with Gasteiger partial charge in [0.1, 0.15) is 11.3 Å². The van der Waals surface area contributed by atoms with Crippen LogP contribution in [0.1, 0.15) is 15.9 Å². The van der Waals surface area contributed by atoms with Gasteiger partial charge in [0.2, 0.25) is 0 Å². The topological polar surface area (TPSA) is 75.6 Å². The largest absolute Gasteiger partial charge is 0.483 e. The van der Waals surface area contributed by atoms with E-state index in [1.54, 1.807) is 12.1 Å². The normalized spacial score (nSPS) is 10.5. The van der Waals surface area contributed by atoms with Gasteiger partial charge in [-0.2, -0.15) is 0 Å². The van der Waals surface area contributed by atoms with E-state index in [1.807, 2.05) is 54.6 Å². The molecule has 0 fully saturated rings. The van der Waals surface area contributed by atoms with E-state index in [4.69, 9.17) is 4.74 Å². The van der Waals surface area contributed by atoms with Crippen LogP contribution in [0.5, 0.6) is 5.75 Å². The number of fused-ring (bicyclic) bond motifs is 1. The standard InChI is InChI=1S/C21H19NO4/c23-20(22-11-10-15-6-2-1-3-7-15)14-26-19-13-17-9-5-4-8-16(17)12-18(19)21(24)25/h1-9,12-13H,10-11,14H2,(H,22,23)(H,24,25). The SMILES string of the molecule is O=C(COc1cc2ccccc2cc1C(=O)O)NCCc1ccccc1. The van der Waals surface area contributed by atoms with Crippen molar-refractivity contribution in [2.45, 2.75) is 6.42 Å². The molecule has 0 saturated carbocycles. The number of carbonyl (C=O) groups excluding carboxylic acids is 1. The predicted octanol–water partition coefficient (Wildman–Crippen LogP) is 3.28. The molecule has 0 aliphatic rings. The van der Waals surface area contributed by atoms with E-state index in [9.17, 15) is 14.7 Å². The lowest BCUT2D eigenvalue weighted by molar-refractivity contribution is -0.123. The zero-order valence-corrected chi connectivity index (χ0v) is 14.1. The molecule has 0 aromatic heterocycles. The van der Waals surface area contributed by atoms with Crippen LogP contribution in [0.2, 0.25) is 0 Å². The number of benzene rings is 3. The summed E-state index contributed by atoms with van der Waals surface area (Å²) in [5.41, 5.74) is 1.18. The molecule has 0 unspecified atom stereocenters. The highest BCUT2D eigenvalue weighted by atomic mass is 16.5. The first-order chi connectivity index (χ1) is 12.6. The van der Waals surface area contributed by atoms with Gasteiger partial charge in [-0.15, -0.1) is 0 Å². The van der Waals surface area contributed by atoms with E-state index < -0.39 is 5.97 Å².